The molecule has 0 aliphatic rings. The number of carbonyl (C=O) groups is 1. The molecule has 0 saturated heterocycles. The third-order valence-electron chi connectivity index (χ3n) is 3.45. The Morgan fingerprint density at radius 3 is 2.29 bits per heavy atom. The lowest BCUT2D eigenvalue weighted by Gasteiger charge is -2.10. The second kappa shape index (κ2) is 8.40. The molecule has 0 radical (unpaired) electrons. The first-order chi connectivity index (χ1) is 11.4. The second-order valence-corrected chi connectivity index (χ2v) is 6.09. The first-order valence-electron chi connectivity index (χ1n) is 8.06. The first kappa shape index (κ1) is 17.9. The zero-order valence-electron chi connectivity index (χ0n) is 14.8. The molecule has 6 heteroatoms. The molecule has 0 aliphatic heterocycles. The van der Waals surface area contributed by atoms with Gasteiger partial charge in [-0.05, 0) is 71.2 Å². The molecule has 24 heavy (non-hydrogen) atoms. The Morgan fingerprint density at radius 2 is 1.71 bits per heavy atom. The maximum absolute atomic E-state index is 12.1. The van der Waals surface area contributed by atoms with Crippen LogP contribution in [0.1, 0.15) is 28.2 Å². The lowest BCUT2D eigenvalue weighted by Crippen LogP contribution is -2.27. The zero-order valence-corrected chi connectivity index (χ0v) is 14.8. The van der Waals surface area contributed by atoms with Gasteiger partial charge >= 0.3 is 0 Å². The minimum Gasteiger partial charge on any atom is -0.352 e. The van der Waals surface area contributed by atoms with E-state index in [4.69, 9.17) is 0 Å². The van der Waals surface area contributed by atoms with E-state index in [2.05, 4.69) is 25.5 Å². The molecule has 1 aromatic heterocycles. The summed E-state index contributed by atoms with van der Waals surface area (Å²) >= 11 is 0. The molecular weight excluding hydrogens is 302 g/mol. The number of aryl methyl sites for hydroxylation is 2. The smallest absolute Gasteiger partial charge is 0.251 e. The Balaban J connectivity index is 1.91. The van der Waals surface area contributed by atoms with E-state index < -0.39 is 0 Å². The molecule has 0 fully saturated rings. The van der Waals surface area contributed by atoms with Crippen LogP contribution < -0.4 is 10.6 Å². The first-order valence-corrected chi connectivity index (χ1v) is 8.06. The Bertz CT molecular complexity index is 662. The molecule has 1 heterocycles. The van der Waals surface area contributed by atoms with Crippen molar-refractivity contribution in [3.63, 3.8) is 0 Å². The summed E-state index contributed by atoms with van der Waals surface area (Å²) in [4.78, 5) is 22.9. The largest absolute Gasteiger partial charge is 0.352 e. The van der Waals surface area contributed by atoms with E-state index in [1.807, 2.05) is 46.1 Å². The van der Waals surface area contributed by atoms with E-state index in [1.165, 1.54) is 0 Å². The van der Waals surface area contributed by atoms with Crippen LogP contribution in [0, 0.1) is 13.8 Å². The highest BCUT2D eigenvalue weighted by molar-refractivity contribution is 5.94. The van der Waals surface area contributed by atoms with Crippen molar-refractivity contribution in [1.82, 2.24) is 20.2 Å². The lowest BCUT2D eigenvalue weighted by atomic mass is 10.2. The molecule has 128 valence electrons. The van der Waals surface area contributed by atoms with Crippen LogP contribution in [0.3, 0.4) is 0 Å². The molecule has 0 atom stereocenters. The van der Waals surface area contributed by atoms with E-state index in [9.17, 15) is 4.79 Å². The van der Waals surface area contributed by atoms with Gasteiger partial charge in [0.1, 0.15) is 0 Å². The van der Waals surface area contributed by atoms with Crippen LogP contribution in [0.5, 0.6) is 0 Å². The van der Waals surface area contributed by atoms with Gasteiger partial charge in [-0.1, -0.05) is 0 Å². The predicted octanol–water partition coefficient (Wildman–Crippen LogP) is 2.52. The predicted molar refractivity (Wildman–Crippen MR) is 96.7 cm³/mol. The molecule has 6 nitrogen and oxygen atoms in total. The molecule has 1 amide bonds. The van der Waals surface area contributed by atoms with Gasteiger partial charge in [0.25, 0.3) is 5.91 Å². The van der Waals surface area contributed by atoms with Gasteiger partial charge < -0.3 is 15.5 Å². The molecule has 0 bridgehead atoms. The van der Waals surface area contributed by atoms with Crippen molar-refractivity contribution < 1.29 is 4.79 Å². The highest BCUT2D eigenvalue weighted by Crippen LogP contribution is 2.15. The topological polar surface area (TPSA) is 70.2 Å². The van der Waals surface area contributed by atoms with Crippen molar-refractivity contribution in [2.24, 2.45) is 0 Å². The molecule has 0 unspecified atom stereocenters. The summed E-state index contributed by atoms with van der Waals surface area (Å²) in [6, 6.07) is 9.24. The Kier molecular flexibility index (Phi) is 6.26. The number of benzene rings is 1. The fourth-order valence-corrected chi connectivity index (χ4v) is 2.32. The van der Waals surface area contributed by atoms with Crippen LogP contribution in [0.25, 0.3) is 0 Å². The van der Waals surface area contributed by atoms with Crippen LogP contribution in [0.15, 0.2) is 30.3 Å². The van der Waals surface area contributed by atoms with Crippen LogP contribution in [0.2, 0.25) is 0 Å². The van der Waals surface area contributed by atoms with Crippen molar-refractivity contribution in [2.45, 2.75) is 20.3 Å². The summed E-state index contributed by atoms with van der Waals surface area (Å²) in [5.41, 5.74) is 3.33. The maximum Gasteiger partial charge on any atom is 0.251 e. The fourth-order valence-electron chi connectivity index (χ4n) is 2.32. The van der Waals surface area contributed by atoms with E-state index >= 15 is 0 Å². The third kappa shape index (κ3) is 5.62. The van der Waals surface area contributed by atoms with Crippen LogP contribution in [0.4, 0.5) is 11.6 Å². The van der Waals surface area contributed by atoms with Gasteiger partial charge in [-0.2, -0.15) is 0 Å². The second-order valence-electron chi connectivity index (χ2n) is 6.09. The van der Waals surface area contributed by atoms with Gasteiger partial charge in [0, 0.05) is 29.2 Å². The van der Waals surface area contributed by atoms with Gasteiger partial charge in [-0.3, -0.25) is 4.79 Å². The Hall–Kier alpha value is -2.47. The van der Waals surface area contributed by atoms with Crippen LogP contribution >= 0.6 is 0 Å². The summed E-state index contributed by atoms with van der Waals surface area (Å²) in [6.07, 6.45) is 0.933. The van der Waals surface area contributed by atoms with Crippen molar-refractivity contribution in [2.75, 3.05) is 32.5 Å². The van der Waals surface area contributed by atoms with E-state index in [0.717, 1.165) is 30.0 Å². The number of anilines is 2. The number of aromatic nitrogens is 2. The number of hydrogen-bond acceptors (Lipinski definition) is 5. The molecule has 2 rings (SSSR count). The van der Waals surface area contributed by atoms with Crippen molar-refractivity contribution in [3.05, 3.63) is 47.3 Å². The van der Waals surface area contributed by atoms with Gasteiger partial charge in [-0.15, -0.1) is 0 Å². The van der Waals surface area contributed by atoms with Gasteiger partial charge in [0.05, 0.1) is 0 Å². The minimum atomic E-state index is -0.0528. The van der Waals surface area contributed by atoms with Gasteiger partial charge in [-0.25, -0.2) is 9.97 Å². The minimum absolute atomic E-state index is 0.0528. The molecule has 0 aliphatic carbocycles. The summed E-state index contributed by atoms with van der Waals surface area (Å²) in [5, 5.41) is 6.08. The molecular formula is C18H25N5O. The van der Waals surface area contributed by atoms with Crippen molar-refractivity contribution in [3.8, 4) is 0 Å². The van der Waals surface area contributed by atoms with Gasteiger partial charge in [0.2, 0.25) is 5.95 Å². The molecule has 2 aromatic rings. The summed E-state index contributed by atoms with van der Waals surface area (Å²) in [6.45, 7) is 5.50. The summed E-state index contributed by atoms with van der Waals surface area (Å²) < 4.78 is 0. The number of nitrogens with one attached hydrogen (secondary N) is 2. The SMILES string of the molecule is Cc1cc(C)nc(Nc2ccc(C(=O)NCCCN(C)C)cc2)n1. The number of carbonyl (C=O) groups excluding carboxylic acids is 1. The average Bonchev–Trinajstić information content (AvgIpc) is 2.51. The highest BCUT2D eigenvalue weighted by Gasteiger charge is 2.06. The maximum atomic E-state index is 12.1. The number of hydrogen-bond donors (Lipinski definition) is 2. The molecule has 2 N–H and O–H groups in total. The standard InChI is InChI=1S/C18H25N5O/c1-13-12-14(2)21-18(20-13)22-16-8-6-15(7-9-16)17(24)19-10-5-11-23(3)4/h6-9,12H,5,10-11H2,1-4H3,(H,19,24)(H,20,21,22). The Morgan fingerprint density at radius 1 is 1.08 bits per heavy atom. The van der Waals surface area contributed by atoms with Crippen LogP contribution in [-0.2, 0) is 0 Å². The van der Waals surface area contributed by atoms with Crippen molar-refractivity contribution in [1.29, 1.82) is 0 Å². The quantitative estimate of drug-likeness (QED) is 0.765. The zero-order chi connectivity index (χ0) is 17.5. The Labute approximate surface area is 143 Å². The molecule has 1 aromatic carbocycles. The fraction of sp³-hybridized carbons (Fsp3) is 0.389. The number of nitrogens with zero attached hydrogens (tertiary/aromatic N) is 3. The summed E-state index contributed by atoms with van der Waals surface area (Å²) in [5.74, 6) is 0.511. The third-order valence-corrected chi connectivity index (χ3v) is 3.45. The average molecular weight is 327 g/mol. The molecule has 0 saturated carbocycles. The normalized spacial score (nSPS) is 10.7. The van der Waals surface area contributed by atoms with Crippen molar-refractivity contribution >= 4 is 17.5 Å². The number of rotatable bonds is 7. The number of amides is 1. The van der Waals surface area contributed by atoms with E-state index in [0.29, 0.717) is 18.1 Å². The van der Waals surface area contributed by atoms with Gasteiger partial charge in [0.15, 0.2) is 0 Å². The lowest BCUT2D eigenvalue weighted by molar-refractivity contribution is 0.0952. The van der Waals surface area contributed by atoms with E-state index in [1.54, 1.807) is 12.1 Å². The highest BCUT2D eigenvalue weighted by atomic mass is 16.1. The monoisotopic (exact) mass is 327 g/mol. The van der Waals surface area contributed by atoms with E-state index in [-0.39, 0.29) is 5.91 Å². The van der Waals surface area contributed by atoms with Crippen LogP contribution in [-0.4, -0.2) is 48.0 Å². The molecule has 0 spiro atoms. The summed E-state index contributed by atoms with van der Waals surface area (Å²) in [7, 11) is 4.04.